The van der Waals surface area contributed by atoms with Crippen molar-refractivity contribution in [2.45, 2.75) is 26.2 Å². The van der Waals surface area contributed by atoms with Gasteiger partial charge >= 0.3 is 0 Å². The molecular formula is C16H18N4. The molecule has 0 saturated heterocycles. The molecule has 0 aliphatic rings. The monoisotopic (exact) mass is 266 g/mol. The van der Waals surface area contributed by atoms with Crippen LogP contribution in [0.25, 0.3) is 16.6 Å². The fraction of sp³-hybridized carbons (Fsp3) is 0.250. The molecule has 0 bridgehead atoms. The van der Waals surface area contributed by atoms with E-state index in [0.29, 0.717) is 5.82 Å². The van der Waals surface area contributed by atoms with E-state index in [4.69, 9.17) is 5.73 Å². The third-order valence-corrected chi connectivity index (χ3v) is 3.39. The minimum Gasteiger partial charge on any atom is -0.384 e. The molecule has 102 valence electrons. The smallest absolute Gasteiger partial charge is 0.127 e. The number of anilines is 1. The number of nitrogens with zero attached hydrogens (tertiary/aromatic N) is 3. The number of nitrogens with two attached hydrogens (primary N) is 1. The largest absolute Gasteiger partial charge is 0.384 e. The Bertz CT molecular complexity index is 730. The van der Waals surface area contributed by atoms with Crippen LogP contribution in [0, 0.1) is 0 Å². The molecule has 3 aromatic rings. The zero-order valence-corrected chi connectivity index (χ0v) is 11.6. The van der Waals surface area contributed by atoms with Gasteiger partial charge in [-0.25, -0.2) is 4.68 Å². The van der Waals surface area contributed by atoms with Gasteiger partial charge in [0.05, 0.1) is 23.1 Å². The van der Waals surface area contributed by atoms with E-state index in [1.54, 1.807) is 4.68 Å². The van der Waals surface area contributed by atoms with Crippen LogP contribution >= 0.6 is 0 Å². The van der Waals surface area contributed by atoms with Crippen LogP contribution in [-0.2, 0) is 6.42 Å². The highest BCUT2D eigenvalue weighted by Crippen LogP contribution is 2.19. The number of para-hydroxylation sites is 1. The van der Waals surface area contributed by atoms with E-state index in [2.05, 4.69) is 23.1 Å². The Balaban J connectivity index is 1.99. The maximum Gasteiger partial charge on any atom is 0.127 e. The average Bonchev–Trinajstić information content (AvgIpc) is 2.85. The number of hydrogen-bond acceptors (Lipinski definition) is 3. The van der Waals surface area contributed by atoms with Gasteiger partial charge in [0.15, 0.2) is 0 Å². The predicted molar refractivity (Wildman–Crippen MR) is 81.9 cm³/mol. The Kier molecular flexibility index (Phi) is 3.37. The van der Waals surface area contributed by atoms with Crippen molar-refractivity contribution in [2.24, 2.45) is 0 Å². The van der Waals surface area contributed by atoms with Gasteiger partial charge in [-0.2, -0.15) is 5.10 Å². The van der Waals surface area contributed by atoms with Crippen LogP contribution in [0.15, 0.2) is 42.6 Å². The summed E-state index contributed by atoms with van der Waals surface area (Å²) in [6.07, 6.45) is 5.07. The van der Waals surface area contributed by atoms with Crippen molar-refractivity contribution in [3.63, 3.8) is 0 Å². The van der Waals surface area contributed by atoms with Gasteiger partial charge in [0.2, 0.25) is 0 Å². The molecule has 0 unspecified atom stereocenters. The molecule has 4 nitrogen and oxygen atoms in total. The summed E-state index contributed by atoms with van der Waals surface area (Å²) < 4.78 is 1.77. The number of aryl methyl sites for hydroxylation is 1. The highest BCUT2D eigenvalue weighted by Gasteiger charge is 2.07. The van der Waals surface area contributed by atoms with Crippen molar-refractivity contribution in [3.8, 4) is 5.69 Å². The number of nitrogen functional groups attached to an aromatic ring is 1. The van der Waals surface area contributed by atoms with Crippen molar-refractivity contribution >= 4 is 16.7 Å². The first-order chi connectivity index (χ1) is 9.78. The predicted octanol–water partition coefficient (Wildman–Crippen LogP) is 3.35. The van der Waals surface area contributed by atoms with E-state index in [-0.39, 0.29) is 0 Å². The molecule has 4 heteroatoms. The fourth-order valence-electron chi connectivity index (χ4n) is 2.31. The quantitative estimate of drug-likeness (QED) is 0.788. The van der Waals surface area contributed by atoms with Crippen LogP contribution in [0.4, 0.5) is 5.82 Å². The molecule has 0 aliphatic carbocycles. The second-order valence-corrected chi connectivity index (χ2v) is 4.96. The molecule has 0 radical (unpaired) electrons. The lowest BCUT2D eigenvalue weighted by molar-refractivity contribution is 0.753. The Morgan fingerprint density at radius 2 is 2.05 bits per heavy atom. The molecule has 3 rings (SSSR count). The molecule has 0 aliphatic heterocycles. The number of unbranched alkanes of at least 4 members (excludes halogenated alkanes) is 1. The van der Waals surface area contributed by atoms with Gasteiger partial charge in [-0.15, -0.1) is 0 Å². The van der Waals surface area contributed by atoms with Gasteiger partial charge in [-0.05, 0) is 25.0 Å². The molecule has 2 aromatic heterocycles. The number of rotatable bonds is 4. The Hall–Kier alpha value is -2.36. The summed E-state index contributed by atoms with van der Waals surface area (Å²) in [5.41, 5.74) is 8.99. The molecule has 20 heavy (non-hydrogen) atoms. The minimum atomic E-state index is 0.660. The third-order valence-electron chi connectivity index (χ3n) is 3.39. The maximum absolute atomic E-state index is 6.06. The molecule has 2 N–H and O–H groups in total. The first kappa shape index (κ1) is 12.7. The minimum absolute atomic E-state index is 0.660. The summed E-state index contributed by atoms with van der Waals surface area (Å²) in [6, 6.07) is 12.1. The van der Waals surface area contributed by atoms with Crippen molar-refractivity contribution in [3.05, 3.63) is 48.3 Å². The lowest BCUT2D eigenvalue weighted by atomic mass is 10.2. The molecule has 0 amide bonds. The number of pyridine rings is 1. The lowest BCUT2D eigenvalue weighted by Crippen LogP contribution is -2.02. The van der Waals surface area contributed by atoms with Crippen LogP contribution in [0.1, 0.15) is 25.5 Å². The van der Waals surface area contributed by atoms with E-state index in [0.717, 1.165) is 41.5 Å². The second-order valence-electron chi connectivity index (χ2n) is 4.96. The Labute approximate surface area is 118 Å². The molecule has 0 saturated carbocycles. The van der Waals surface area contributed by atoms with Crippen molar-refractivity contribution in [1.82, 2.24) is 14.8 Å². The van der Waals surface area contributed by atoms with Crippen molar-refractivity contribution < 1.29 is 0 Å². The Morgan fingerprint density at radius 1 is 1.20 bits per heavy atom. The molecule has 2 heterocycles. The van der Waals surface area contributed by atoms with Crippen LogP contribution in [0.2, 0.25) is 0 Å². The van der Waals surface area contributed by atoms with Crippen molar-refractivity contribution in [2.75, 3.05) is 5.73 Å². The summed E-state index contributed by atoms with van der Waals surface area (Å²) in [6.45, 7) is 2.17. The molecule has 0 spiro atoms. The van der Waals surface area contributed by atoms with E-state index < -0.39 is 0 Å². The van der Waals surface area contributed by atoms with Gasteiger partial charge in [0.1, 0.15) is 5.82 Å². The highest BCUT2D eigenvalue weighted by molar-refractivity contribution is 5.80. The zero-order valence-electron chi connectivity index (χ0n) is 11.6. The van der Waals surface area contributed by atoms with Crippen LogP contribution in [0.5, 0.6) is 0 Å². The number of hydrogen-bond donors (Lipinski definition) is 1. The zero-order chi connectivity index (χ0) is 13.9. The molecule has 1 aromatic carbocycles. The Morgan fingerprint density at radius 3 is 2.90 bits per heavy atom. The second kappa shape index (κ2) is 5.33. The molecule has 0 fully saturated rings. The molecular weight excluding hydrogens is 248 g/mol. The molecule has 0 atom stereocenters. The topological polar surface area (TPSA) is 56.7 Å². The maximum atomic E-state index is 6.06. The van der Waals surface area contributed by atoms with E-state index in [1.165, 1.54) is 0 Å². The first-order valence-electron chi connectivity index (χ1n) is 6.97. The number of fused-ring (bicyclic) bond motifs is 1. The van der Waals surface area contributed by atoms with E-state index in [1.807, 2.05) is 36.5 Å². The normalized spacial score (nSPS) is 11.1. The third kappa shape index (κ3) is 2.37. The average molecular weight is 266 g/mol. The summed E-state index contributed by atoms with van der Waals surface area (Å²) >= 11 is 0. The van der Waals surface area contributed by atoms with Gasteiger partial charge in [0, 0.05) is 11.5 Å². The number of aromatic nitrogens is 3. The van der Waals surface area contributed by atoms with Gasteiger partial charge in [-0.1, -0.05) is 31.5 Å². The first-order valence-corrected chi connectivity index (χ1v) is 6.97. The fourth-order valence-corrected chi connectivity index (χ4v) is 2.31. The SMILES string of the molecule is CCCCc1cc(N)n(-c2cnc3ccccc3c2)n1. The highest BCUT2D eigenvalue weighted by atomic mass is 15.3. The van der Waals surface area contributed by atoms with Crippen LogP contribution in [-0.4, -0.2) is 14.8 Å². The summed E-state index contributed by atoms with van der Waals surface area (Å²) in [4.78, 5) is 4.45. The lowest BCUT2D eigenvalue weighted by Gasteiger charge is -2.05. The summed E-state index contributed by atoms with van der Waals surface area (Å²) in [7, 11) is 0. The summed E-state index contributed by atoms with van der Waals surface area (Å²) in [5.74, 6) is 0.660. The van der Waals surface area contributed by atoms with Gasteiger partial charge in [0.25, 0.3) is 0 Å². The summed E-state index contributed by atoms with van der Waals surface area (Å²) in [5, 5.41) is 5.67. The number of benzene rings is 1. The van der Waals surface area contributed by atoms with E-state index >= 15 is 0 Å². The standard InChI is InChI=1S/C16H18N4/c1-2-3-7-13-10-16(17)20(19-13)14-9-12-6-4-5-8-15(12)18-11-14/h4-6,8-11H,2-3,7,17H2,1H3. The van der Waals surface area contributed by atoms with Gasteiger partial charge < -0.3 is 5.73 Å². The van der Waals surface area contributed by atoms with Crippen LogP contribution in [0.3, 0.4) is 0 Å². The van der Waals surface area contributed by atoms with Crippen molar-refractivity contribution in [1.29, 1.82) is 0 Å². The van der Waals surface area contributed by atoms with Gasteiger partial charge in [-0.3, -0.25) is 4.98 Å². The van der Waals surface area contributed by atoms with Crippen LogP contribution < -0.4 is 5.73 Å². The van der Waals surface area contributed by atoms with E-state index in [9.17, 15) is 0 Å².